The van der Waals surface area contributed by atoms with Crippen molar-refractivity contribution in [3.63, 3.8) is 0 Å². The average Bonchev–Trinajstić information content (AvgIpc) is 2.68. The fraction of sp³-hybridized carbons (Fsp3) is 0.238. The highest BCUT2D eigenvalue weighted by atomic mass is 35.5. The van der Waals surface area contributed by atoms with Gasteiger partial charge in [0.05, 0.1) is 5.92 Å². The molecule has 0 amide bonds. The smallest absolute Gasteiger partial charge is 0.211 e. The third-order valence-corrected chi connectivity index (χ3v) is 5.28. The van der Waals surface area contributed by atoms with Gasteiger partial charge in [-0.25, -0.2) is 0 Å². The van der Waals surface area contributed by atoms with E-state index in [-0.39, 0.29) is 23.0 Å². The van der Waals surface area contributed by atoms with Crippen molar-refractivity contribution in [2.45, 2.75) is 18.8 Å². The number of hydrogen-bond donors (Lipinski definition) is 0. The molecule has 6 heteroatoms. The Bertz CT molecular complexity index is 968. The molecule has 3 rings (SSSR count). The molecule has 1 aliphatic carbocycles. The van der Waals surface area contributed by atoms with Gasteiger partial charge in [0.15, 0.2) is 0 Å². The van der Waals surface area contributed by atoms with Crippen molar-refractivity contribution in [3.05, 3.63) is 85.9 Å². The van der Waals surface area contributed by atoms with Crippen LogP contribution in [0.25, 0.3) is 5.57 Å². The van der Waals surface area contributed by atoms with E-state index >= 15 is 0 Å². The van der Waals surface area contributed by atoms with Crippen LogP contribution in [0.2, 0.25) is 5.02 Å². The molecule has 2 aromatic carbocycles. The maximum absolute atomic E-state index is 11.4. The Hall–Kier alpha value is -3.15. The van der Waals surface area contributed by atoms with Gasteiger partial charge in [-0.2, -0.15) is 10.5 Å². The first-order chi connectivity index (χ1) is 13.0. The van der Waals surface area contributed by atoms with Crippen LogP contribution in [-0.4, -0.2) is 11.5 Å². The molecule has 0 bridgehead atoms. The van der Waals surface area contributed by atoms with Gasteiger partial charge in [-0.15, -0.1) is 0 Å². The fourth-order valence-electron chi connectivity index (χ4n) is 3.86. The van der Waals surface area contributed by atoms with Crippen LogP contribution in [0.3, 0.4) is 0 Å². The predicted molar refractivity (Wildman–Crippen MR) is 102 cm³/mol. The molecule has 0 N–H and O–H groups in total. The second-order valence-corrected chi connectivity index (χ2v) is 6.92. The lowest BCUT2D eigenvalue weighted by atomic mass is 9.70. The largest absolute Gasteiger partial charge is 0.265 e. The Labute approximate surface area is 162 Å². The summed E-state index contributed by atoms with van der Waals surface area (Å²) in [5.74, 6) is -0.738. The van der Waals surface area contributed by atoms with Gasteiger partial charge in [-0.3, -0.25) is 10.1 Å². The molecular weight excluding hydrogens is 362 g/mol. The highest BCUT2D eigenvalue weighted by Gasteiger charge is 2.36. The maximum Gasteiger partial charge on any atom is 0.211 e. The van der Waals surface area contributed by atoms with Crippen molar-refractivity contribution in [1.29, 1.82) is 10.5 Å². The molecule has 2 aromatic rings. The summed E-state index contributed by atoms with van der Waals surface area (Å²) in [6.45, 7) is -0.276. The number of rotatable bonds is 4. The van der Waals surface area contributed by atoms with Crippen molar-refractivity contribution in [1.82, 2.24) is 0 Å². The summed E-state index contributed by atoms with van der Waals surface area (Å²) >= 11 is 5.97. The molecule has 0 spiro atoms. The third-order valence-electron chi connectivity index (χ3n) is 5.03. The maximum atomic E-state index is 11.4. The summed E-state index contributed by atoms with van der Waals surface area (Å²) in [6, 6.07) is 18.6. The molecule has 5 nitrogen and oxygen atoms in total. The fourth-order valence-corrected chi connectivity index (χ4v) is 3.99. The molecule has 134 valence electrons. The first-order valence-corrected chi connectivity index (χ1v) is 8.92. The lowest BCUT2D eigenvalue weighted by Gasteiger charge is -2.32. The van der Waals surface area contributed by atoms with Gasteiger partial charge in [0.1, 0.15) is 17.7 Å². The predicted octanol–water partition coefficient (Wildman–Crippen LogP) is 4.76. The Morgan fingerprint density at radius 2 is 1.85 bits per heavy atom. The number of nitro groups is 1. The molecule has 0 fully saturated rings. The van der Waals surface area contributed by atoms with Crippen LogP contribution in [0.4, 0.5) is 0 Å². The first kappa shape index (κ1) is 18.6. The normalized spacial score (nSPS) is 16.6. The minimum absolute atomic E-state index is 0.0226. The summed E-state index contributed by atoms with van der Waals surface area (Å²) in [5.41, 5.74) is 3.32. The molecule has 2 atom stereocenters. The van der Waals surface area contributed by atoms with Crippen molar-refractivity contribution in [3.8, 4) is 12.1 Å². The Morgan fingerprint density at radius 1 is 1.19 bits per heavy atom. The minimum Gasteiger partial charge on any atom is -0.265 e. The molecule has 0 saturated heterocycles. The molecule has 0 saturated carbocycles. The van der Waals surface area contributed by atoms with E-state index in [1.807, 2.05) is 36.4 Å². The monoisotopic (exact) mass is 377 g/mol. The van der Waals surface area contributed by atoms with E-state index in [1.165, 1.54) is 0 Å². The van der Waals surface area contributed by atoms with Crippen LogP contribution in [0.5, 0.6) is 0 Å². The van der Waals surface area contributed by atoms with Gasteiger partial charge in [-0.05, 0) is 53.2 Å². The van der Waals surface area contributed by atoms with Crippen LogP contribution >= 0.6 is 11.6 Å². The second kappa shape index (κ2) is 8.03. The lowest BCUT2D eigenvalue weighted by Crippen LogP contribution is -2.26. The van der Waals surface area contributed by atoms with E-state index in [2.05, 4.69) is 0 Å². The van der Waals surface area contributed by atoms with Crippen LogP contribution in [0.1, 0.15) is 29.0 Å². The Kier molecular flexibility index (Phi) is 5.54. The average molecular weight is 378 g/mol. The topological polar surface area (TPSA) is 90.7 Å². The SMILES string of the molecule is N#CC(C#N)=C1c2ccccc2CC[C@@H]1[C@H](C[N+](=O)[O-])c1ccc(Cl)cc1. The number of hydrogen-bond acceptors (Lipinski definition) is 4. The van der Waals surface area contributed by atoms with E-state index in [4.69, 9.17) is 11.6 Å². The van der Waals surface area contributed by atoms with E-state index < -0.39 is 5.92 Å². The Balaban J connectivity index is 2.17. The van der Waals surface area contributed by atoms with E-state index in [1.54, 1.807) is 24.3 Å². The highest BCUT2D eigenvalue weighted by molar-refractivity contribution is 6.30. The quantitative estimate of drug-likeness (QED) is 0.436. The van der Waals surface area contributed by atoms with Crippen LogP contribution in [-0.2, 0) is 6.42 Å². The number of halogens is 1. The summed E-state index contributed by atoms with van der Waals surface area (Å²) in [4.78, 5) is 11.0. The molecule has 0 unspecified atom stereocenters. The van der Waals surface area contributed by atoms with Crippen LogP contribution in [0.15, 0.2) is 54.1 Å². The number of allylic oxidation sites excluding steroid dienone is 2. The number of benzene rings is 2. The van der Waals surface area contributed by atoms with Crippen LogP contribution in [0, 0.1) is 38.7 Å². The van der Waals surface area contributed by atoms with Gasteiger partial charge in [0.2, 0.25) is 6.54 Å². The molecule has 0 aromatic heterocycles. The summed E-state index contributed by atoms with van der Waals surface area (Å²) in [5, 5.41) is 31.0. The van der Waals surface area contributed by atoms with Crippen molar-refractivity contribution < 1.29 is 4.92 Å². The van der Waals surface area contributed by atoms with Gasteiger partial charge in [0.25, 0.3) is 0 Å². The minimum atomic E-state index is -0.447. The molecule has 0 radical (unpaired) electrons. The number of nitrogens with zero attached hydrogens (tertiary/aromatic N) is 3. The molecule has 1 aliphatic rings. The third kappa shape index (κ3) is 3.84. The van der Waals surface area contributed by atoms with E-state index in [0.717, 1.165) is 23.1 Å². The second-order valence-electron chi connectivity index (χ2n) is 6.49. The van der Waals surface area contributed by atoms with E-state index in [0.29, 0.717) is 17.0 Å². The van der Waals surface area contributed by atoms with Gasteiger partial charge in [-0.1, -0.05) is 48.0 Å². The summed E-state index contributed by atoms with van der Waals surface area (Å²) < 4.78 is 0. The number of aryl methyl sites for hydroxylation is 1. The standard InChI is InChI=1S/C21H16ClN3O2/c22-17-8-5-15(6-9-17)20(13-25(26)27)19-10-7-14-3-1-2-4-18(14)21(19)16(11-23)12-24/h1-6,8-9,19-20H,7,10,13H2/t19-,20-/m1/s1. The Morgan fingerprint density at radius 3 is 2.48 bits per heavy atom. The van der Waals surface area contributed by atoms with Gasteiger partial charge >= 0.3 is 0 Å². The first-order valence-electron chi connectivity index (χ1n) is 8.55. The number of fused-ring (bicyclic) bond motifs is 1. The van der Waals surface area contributed by atoms with Gasteiger partial charge < -0.3 is 0 Å². The van der Waals surface area contributed by atoms with Crippen molar-refractivity contribution in [2.24, 2.45) is 5.92 Å². The van der Waals surface area contributed by atoms with Crippen LogP contribution < -0.4 is 0 Å². The van der Waals surface area contributed by atoms with Crippen molar-refractivity contribution in [2.75, 3.05) is 6.54 Å². The highest BCUT2D eigenvalue weighted by Crippen LogP contribution is 2.45. The zero-order valence-corrected chi connectivity index (χ0v) is 15.2. The molecular formula is C21H16ClN3O2. The summed E-state index contributed by atoms with van der Waals surface area (Å²) in [7, 11) is 0. The molecule has 0 heterocycles. The summed E-state index contributed by atoms with van der Waals surface area (Å²) in [6.07, 6.45) is 1.39. The zero-order chi connectivity index (χ0) is 19.4. The molecule has 0 aliphatic heterocycles. The van der Waals surface area contributed by atoms with Crippen molar-refractivity contribution >= 4 is 17.2 Å². The zero-order valence-electron chi connectivity index (χ0n) is 14.4. The van der Waals surface area contributed by atoms with Gasteiger partial charge in [0, 0.05) is 9.95 Å². The number of nitriles is 2. The van der Waals surface area contributed by atoms with E-state index in [9.17, 15) is 20.6 Å². The lowest BCUT2D eigenvalue weighted by molar-refractivity contribution is -0.484. The molecule has 27 heavy (non-hydrogen) atoms.